The first-order valence-electron chi connectivity index (χ1n) is 7.06. The van der Waals surface area contributed by atoms with Crippen molar-refractivity contribution in [3.05, 3.63) is 40.6 Å². The Balaban J connectivity index is 2.02. The second-order valence-electron chi connectivity index (χ2n) is 5.09. The SMILES string of the molecule is CC(O/N=[N+](\[O-])N(C)CCC(=O)O)N1C(=O)c2ccccc2C1=O. The molecule has 1 aliphatic rings. The molecule has 1 aromatic rings. The molecule has 0 aromatic heterocycles. The Morgan fingerprint density at radius 2 is 1.92 bits per heavy atom. The number of nitrogens with zero attached hydrogens (tertiary/aromatic N) is 4. The van der Waals surface area contributed by atoms with Crippen LogP contribution in [0.25, 0.3) is 0 Å². The van der Waals surface area contributed by atoms with Gasteiger partial charge in [-0.1, -0.05) is 12.1 Å². The van der Waals surface area contributed by atoms with Crippen LogP contribution in [0.2, 0.25) is 0 Å². The van der Waals surface area contributed by atoms with Crippen LogP contribution in [0, 0.1) is 5.21 Å². The number of imide groups is 1. The van der Waals surface area contributed by atoms with Crippen molar-refractivity contribution < 1.29 is 29.3 Å². The highest BCUT2D eigenvalue weighted by atomic mass is 16.7. The third-order valence-corrected chi connectivity index (χ3v) is 3.40. The predicted octanol–water partition coefficient (Wildman–Crippen LogP) is 0.844. The Kier molecular flexibility index (Phi) is 4.97. The summed E-state index contributed by atoms with van der Waals surface area (Å²) in [7, 11) is 1.33. The van der Waals surface area contributed by atoms with Crippen molar-refractivity contribution >= 4 is 17.8 Å². The molecule has 0 bridgehead atoms. The largest absolute Gasteiger partial charge is 0.569 e. The van der Waals surface area contributed by atoms with Gasteiger partial charge in [-0.15, -0.1) is 5.01 Å². The van der Waals surface area contributed by atoms with Crippen LogP contribution in [0.3, 0.4) is 0 Å². The van der Waals surface area contributed by atoms with Gasteiger partial charge in [0.1, 0.15) is 0 Å². The molecule has 1 aromatic carbocycles. The van der Waals surface area contributed by atoms with Crippen LogP contribution in [0.15, 0.2) is 29.5 Å². The number of benzene rings is 1. The number of carboxylic acid groups (broad SMARTS) is 1. The zero-order valence-corrected chi connectivity index (χ0v) is 13.1. The minimum atomic E-state index is -1.10. The lowest BCUT2D eigenvalue weighted by Crippen LogP contribution is -2.39. The molecule has 0 spiro atoms. The van der Waals surface area contributed by atoms with Crippen molar-refractivity contribution in [2.45, 2.75) is 19.6 Å². The molecule has 10 heteroatoms. The predicted molar refractivity (Wildman–Crippen MR) is 78.4 cm³/mol. The molecular weight excluding hydrogens is 320 g/mol. The lowest BCUT2D eigenvalue weighted by Gasteiger charge is -2.19. The molecule has 2 rings (SSSR count). The normalized spacial score (nSPS) is 15.2. The molecule has 128 valence electrons. The molecule has 0 saturated heterocycles. The smallest absolute Gasteiger partial charge is 0.305 e. The van der Waals surface area contributed by atoms with Crippen LogP contribution < -0.4 is 0 Å². The number of rotatable bonds is 7. The first-order chi connectivity index (χ1) is 11.3. The van der Waals surface area contributed by atoms with Gasteiger partial charge in [-0.3, -0.25) is 14.4 Å². The van der Waals surface area contributed by atoms with Gasteiger partial charge in [0.05, 0.1) is 36.1 Å². The second-order valence-corrected chi connectivity index (χ2v) is 5.09. The summed E-state index contributed by atoms with van der Waals surface area (Å²) >= 11 is 0. The average molecular weight is 336 g/mol. The zero-order chi connectivity index (χ0) is 17.9. The maximum absolute atomic E-state index is 12.2. The number of hydrogen-bond donors (Lipinski definition) is 1. The fraction of sp³-hybridized carbons (Fsp3) is 0.357. The van der Waals surface area contributed by atoms with E-state index in [1.54, 1.807) is 12.1 Å². The summed E-state index contributed by atoms with van der Waals surface area (Å²) in [5.41, 5.74) is 0.519. The van der Waals surface area contributed by atoms with Gasteiger partial charge in [0.25, 0.3) is 11.8 Å². The first kappa shape index (κ1) is 17.2. The molecule has 1 unspecified atom stereocenters. The molecule has 10 nitrogen and oxygen atoms in total. The van der Waals surface area contributed by atoms with E-state index in [1.165, 1.54) is 26.1 Å². The van der Waals surface area contributed by atoms with Gasteiger partial charge >= 0.3 is 5.97 Å². The molecule has 0 saturated carbocycles. The Hall–Kier alpha value is -3.17. The van der Waals surface area contributed by atoms with Crippen LogP contribution in [-0.2, 0) is 9.63 Å². The molecular formula is C14H16N4O6. The van der Waals surface area contributed by atoms with Crippen molar-refractivity contribution in [2.75, 3.05) is 13.6 Å². The molecule has 0 radical (unpaired) electrons. The number of fused-ring (bicyclic) bond motifs is 1. The van der Waals surface area contributed by atoms with Crippen molar-refractivity contribution in [3.8, 4) is 0 Å². The minimum absolute atomic E-state index is 0.0532. The first-order valence-corrected chi connectivity index (χ1v) is 7.06. The van der Waals surface area contributed by atoms with Crippen LogP contribution in [0.1, 0.15) is 34.1 Å². The topological polar surface area (TPSA) is 126 Å². The molecule has 1 aliphatic heterocycles. The highest BCUT2D eigenvalue weighted by Gasteiger charge is 2.39. The maximum atomic E-state index is 12.2. The standard InChI is InChI=1S/C14H16N4O6/c1-9(24-15-18(23)16(2)8-7-12(19)20)17-13(21)10-5-3-4-6-11(10)14(17)22/h3-6,9H,7-8H2,1-2H3,(H,19,20)/b18-15-. The van der Waals surface area contributed by atoms with Gasteiger partial charge in [0.2, 0.25) is 11.5 Å². The third-order valence-electron chi connectivity index (χ3n) is 3.40. The van der Waals surface area contributed by atoms with Crippen LogP contribution in [0.5, 0.6) is 0 Å². The monoisotopic (exact) mass is 336 g/mol. The Morgan fingerprint density at radius 3 is 2.42 bits per heavy atom. The molecule has 0 fully saturated rings. The van der Waals surface area contributed by atoms with E-state index in [9.17, 15) is 19.6 Å². The van der Waals surface area contributed by atoms with E-state index in [1.807, 2.05) is 0 Å². The maximum Gasteiger partial charge on any atom is 0.305 e. The highest BCUT2D eigenvalue weighted by Crippen LogP contribution is 2.24. The van der Waals surface area contributed by atoms with Crippen LogP contribution in [0.4, 0.5) is 0 Å². The van der Waals surface area contributed by atoms with Crippen LogP contribution >= 0.6 is 0 Å². The number of carbonyl (C=O) groups excluding carboxylic acids is 2. The Bertz CT molecular complexity index is 669. The lowest BCUT2D eigenvalue weighted by molar-refractivity contribution is -0.706. The van der Waals surface area contributed by atoms with E-state index in [0.29, 0.717) is 0 Å². The number of hydrogen-bond acceptors (Lipinski definition) is 6. The van der Waals surface area contributed by atoms with E-state index in [4.69, 9.17) is 9.94 Å². The average Bonchev–Trinajstić information content (AvgIpc) is 2.81. The van der Waals surface area contributed by atoms with E-state index >= 15 is 0 Å². The van der Waals surface area contributed by atoms with Gasteiger partial charge in [0, 0.05) is 0 Å². The van der Waals surface area contributed by atoms with Crippen molar-refractivity contribution in [2.24, 2.45) is 5.28 Å². The third kappa shape index (κ3) is 3.42. The van der Waals surface area contributed by atoms with E-state index < -0.39 is 24.0 Å². The van der Waals surface area contributed by atoms with E-state index in [2.05, 4.69) is 5.28 Å². The van der Waals surface area contributed by atoms with Gasteiger partial charge in [0.15, 0.2) is 0 Å². The Morgan fingerprint density at radius 1 is 1.38 bits per heavy atom. The Labute approximate surface area is 137 Å². The lowest BCUT2D eigenvalue weighted by atomic mass is 10.1. The summed E-state index contributed by atoms with van der Waals surface area (Å²) in [6.45, 7) is 1.32. The molecule has 24 heavy (non-hydrogen) atoms. The van der Waals surface area contributed by atoms with Crippen molar-refractivity contribution in [1.82, 2.24) is 9.91 Å². The van der Waals surface area contributed by atoms with Gasteiger partial charge in [-0.25, -0.2) is 4.90 Å². The number of carbonyl (C=O) groups is 3. The fourth-order valence-electron chi connectivity index (χ4n) is 2.10. The quantitative estimate of drug-likeness (QED) is 0.338. The second kappa shape index (κ2) is 6.94. The number of hydrazine groups is 1. The number of amides is 2. The van der Waals surface area contributed by atoms with Gasteiger partial charge < -0.3 is 15.2 Å². The summed E-state index contributed by atoms with van der Waals surface area (Å²) < 4.78 is 0. The van der Waals surface area contributed by atoms with Gasteiger partial charge in [-0.2, -0.15) is 0 Å². The van der Waals surface area contributed by atoms with Crippen molar-refractivity contribution in [1.29, 1.82) is 0 Å². The van der Waals surface area contributed by atoms with E-state index in [0.717, 1.165) is 9.91 Å². The van der Waals surface area contributed by atoms with Crippen LogP contribution in [-0.4, -0.2) is 57.6 Å². The summed E-state index contributed by atoms with van der Waals surface area (Å²) in [5.74, 6) is -2.12. The zero-order valence-electron chi connectivity index (χ0n) is 13.1. The molecule has 1 N–H and O–H groups in total. The molecule has 1 heterocycles. The highest BCUT2D eigenvalue weighted by molar-refractivity contribution is 6.21. The fourth-order valence-corrected chi connectivity index (χ4v) is 2.10. The number of aliphatic carboxylic acids is 1. The summed E-state index contributed by atoms with van der Waals surface area (Å²) in [6, 6.07) is 6.33. The summed E-state index contributed by atoms with van der Waals surface area (Å²) in [5, 5.41) is 24.4. The van der Waals surface area contributed by atoms with Gasteiger partial charge in [-0.05, 0) is 19.1 Å². The molecule has 2 amide bonds. The molecule has 0 aliphatic carbocycles. The minimum Gasteiger partial charge on any atom is -0.569 e. The molecule has 1 atom stereocenters. The summed E-state index contributed by atoms with van der Waals surface area (Å²) in [6.07, 6.45) is -1.35. The number of carboxylic acids is 1. The van der Waals surface area contributed by atoms with E-state index in [-0.39, 0.29) is 29.1 Å². The van der Waals surface area contributed by atoms with Crippen molar-refractivity contribution in [3.63, 3.8) is 0 Å². The summed E-state index contributed by atoms with van der Waals surface area (Å²) in [4.78, 5) is 40.7.